The van der Waals surface area contributed by atoms with Crippen LogP contribution in [0.3, 0.4) is 0 Å². The zero-order chi connectivity index (χ0) is 47.7. The molecule has 8 aromatic carbocycles. The molecule has 1 unspecified atom stereocenters. The van der Waals surface area contributed by atoms with Gasteiger partial charge in [0.05, 0.1) is 0 Å². The minimum absolute atomic E-state index is 0. The van der Waals surface area contributed by atoms with E-state index in [1.165, 1.54) is 65.9 Å². The van der Waals surface area contributed by atoms with Crippen molar-refractivity contribution in [2.24, 2.45) is 5.92 Å². The van der Waals surface area contributed by atoms with Crippen LogP contribution in [0.15, 0.2) is 285 Å². The third-order valence-corrected chi connectivity index (χ3v) is 16.4. The van der Waals surface area contributed by atoms with Gasteiger partial charge in [-0.05, 0) is 103 Å². The first-order valence-corrected chi connectivity index (χ1v) is 26.2. The van der Waals surface area contributed by atoms with Gasteiger partial charge in [0.25, 0.3) is 0 Å². The largest absolute Gasteiger partial charge is 2.00 e. The van der Waals surface area contributed by atoms with Crippen LogP contribution in [0.25, 0.3) is 5.57 Å². The van der Waals surface area contributed by atoms with Crippen LogP contribution < -0.4 is 31.8 Å². The number of rotatable bonds is 12. The van der Waals surface area contributed by atoms with Crippen LogP contribution in [0.2, 0.25) is 0 Å². The molecule has 2 aliphatic carbocycles. The van der Waals surface area contributed by atoms with E-state index in [1.54, 1.807) is 0 Å². The van der Waals surface area contributed by atoms with E-state index in [0.29, 0.717) is 0 Å². The Morgan fingerprint density at radius 3 is 0.986 bits per heavy atom. The molecule has 0 nitrogen and oxygen atoms in total. The smallest absolute Gasteiger partial charge is 0.693 e. The summed E-state index contributed by atoms with van der Waals surface area (Å²) in [7, 11) is -0.892. The van der Waals surface area contributed by atoms with E-state index >= 15 is 0 Å². The number of fused-ring (bicyclic) bond motifs is 1. The molecule has 0 saturated heterocycles. The second-order valence-corrected chi connectivity index (χ2v) is 20.6. The summed E-state index contributed by atoms with van der Waals surface area (Å²) in [6.07, 6.45) is 26.0. The van der Waals surface area contributed by atoms with Crippen molar-refractivity contribution in [2.75, 3.05) is 0 Å². The number of hydrogen-bond donors (Lipinski definition) is 0. The van der Waals surface area contributed by atoms with Crippen LogP contribution in [0, 0.1) is 49.4 Å². The van der Waals surface area contributed by atoms with Crippen molar-refractivity contribution < 1.29 is 19.5 Å². The average Bonchev–Trinajstić information content (AvgIpc) is 3.92. The molecule has 0 N–H and O–H groups in total. The van der Waals surface area contributed by atoms with Crippen molar-refractivity contribution in [1.82, 2.24) is 0 Å². The summed E-state index contributed by atoms with van der Waals surface area (Å²) in [5, 5.41) is 8.39. The van der Waals surface area contributed by atoms with Gasteiger partial charge >= 0.3 is 19.5 Å². The van der Waals surface area contributed by atoms with Gasteiger partial charge in [-0.3, -0.25) is 0 Å². The Hall–Kier alpha value is -6.24. The van der Waals surface area contributed by atoms with Gasteiger partial charge < -0.3 is 12.3 Å². The molecular weight excluding hydrogens is 968 g/mol. The van der Waals surface area contributed by atoms with Crippen molar-refractivity contribution in [3.05, 3.63) is 334 Å². The molecule has 343 valence electrons. The van der Waals surface area contributed by atoms with E-state index < -0.39 is 15.8 Å². The molecule has 1 fully saturated rings. The van der Waals surface area contributed by atoms with Gasteiger partial charge in [-0.2, -0.15) is 0 Å². The molecule has 1 atom stereocenters. The van der Waals surface area contributed by atoms with E-state index in [1.807, 2.05) is 18.2 Å². The van der Waals surface area contributed by atoms with E-state index in [4.69, 9.17) is 6.42 Å². The summed E-state index contributed by atoms with van der Waals surface area (Å²) in [4.78, 5) is 0. The van der Waals surface area contributed by atoms with Crippen molar-refractivity contribution in [3.8, 4) is 5.92 Å². The predicted octanol–water partition coefficient (Wildman–Crippen LogP) is 14.5. The fraction of sp³-hybridized carbons (Fsp3) is 0.0597. The average molecular weight is 1030 g/mol. The minimum atomic E-state index is -0.446. The Bertz CT molecular complexity index is 2460. The van der Waals surface area contributed by atoms with Crippen molar-refractivity contribution in [2.45, 2.75) is 19.8 Å². The first-order valence-electron chi connectivity index (χ1n) is 23.5. The van der Waals surface area contributed by atoms with E-state index in [9.17, 15) is 0 Å². The SMILES string of the molecule is [C-]#CC(CCC=C)C(C)=C(c1ccccc1)c1ccccc1.[CH]1[CH][C]2C=CC=C[C]2[CH]1.[Ru+2].c1ccc(P(c2ccccc2)c2ccccc2)cc1.c1ccc(P(c2ccccc2)c2ccccc2)cc1. The topological polar surface area (TPSA) is 0 Å². The molecule has 0 spiro atoms. The molecule has 1 saturated carbocycles. The summed E-state index contributed by atoms with van der Waals surface area (Å²) in [6, 6.07) is 85.4. The zero-order valence-electron chi connectivity index (χ0n) is 39.7. The molecule has 0 aromatic heterocycles. The molecule has 0 amide bonds. The Morgan fingerprint density at radius 1 is 0.457 bits per heavy atom. The van der Waals surface area contributed by atoms with Gasteiger partial charge in [0, 0.05) is 17.8 Å². The van der Waals surface area contributed by atoms with Crippen LogP contribution in [-0.4, -0.2) is 0 Å². The summed E-state index contributed by atoms with van der Waals surface area (Å²) in [6.45, 7) is 5.90. The summed E-state index contributed by atoms with van der Waals surface area (Å²) in [5.41, 5.74) is 4.76. The van der Waals surface area contributed by atoms with Crippen LogP contribution in [0.4, 0.5) is 0 Å². The maximum absolute atomic E-state index is 7.67. The number of hydrogen-bond acceptors (Lipinski definition) is 0. The molecule has 70 heavy (non-hydrogen) atoms. The van der Waals surface area contributed by atoms with Gasteiger partial charge in [-0.25, -0.2) is 0 Å². The van der Waals surface area contributed by atoms with Crippen LogP contribution in [0.5, 0.6) is 0 Å². The monoisotopic (exact) mass is 1030 g/mol. The van der Waals surface area contributed by atoms with Gasteiger partial charge in [0.15, 0.2) is 0 Å². The molecule has 2 aliphatic rings. The molecule has 10 rings (SSSR count). The molecule has 0 bridgehead atoms. The number of allylic oxidation sites excluding steroid dienone is 6. The quantitative estimate of drug-likeness (QED) is 0.0376. The van der Waals surface area contributed by atoms with Crippen molar-refractivity contribution in [3.63, 3.8) is 0 Å². The van der Waals surface area contributed by atoms with Crippen molar-refractivity contribution >= 4 is 53.2 Å². The summed E-state index contributed by atoms with van der Waals surface area (Å²) >= 11 is 0. The molecule has 0 heterocycles. The second-order valence-electron chi connectivity index (χ2n) is 16.2. The van der Waals surface area contributed by atoms with E-state index in [0.717, 1.165) is 12.8 Å². The number of benzene rings is 8. The van der Waals surface area contributed by atoms with Gasteiger partial charge in [-0.1, -0.05) is 279 Å². The Labute approximate surface area is 435 Å². The maximum Gasteiger partial charge on any atom is 2.00 e. The molecule has 5 radical (unpaired) electrons. The van der Waals surface area contributed by atoms with Crippen molar-refractivity contribution in [1.29, 1.82) is 0 Å². The van der Waals surface area contributed by atoms with Gasteiger partial charge in [0.2, 0.25) is 0 Å². The fourth-order valence-electron chi connectivity index (χ4n) is 8.11. The van der Waals surface area contributed by atoms with Crippen LogP contribution in [-0.2, 0) is 19.5 Å². The Balaban J connectivity index is 0.000000157. The van der Waals surface area contributed by atoms with E-state index in [-0.39, 0.29) is 25.4 Å². The third kappa shape index (κ3) is 15.6. The minimum Gasteiger partial charge on any atom is -0.693 e. The Kier molecular flexibility index (Phi) is 22.5. The standard InChI is InChI=1S/C22H21.2C18H15P.C9H7.Ru/c1-4-6-13-19(5-2)18(3)22(20-14-9-7-10-15-20)21-16-11-8-12-17-21;2*1-4-10-16(11-5-1)19(17-12-6-2-7-13-17)18-14-8-3-9-15-18;1-2-5-9-7-3-6-8(9)4-1;/h4,7-12,14-17,19H,1,6,13H2,3H3;2*1-15H;1-7H;/q-1;;;;+2. The molecular formula is C67H58P2Ru+. The predicted molar refractivity (Wildman–Crippen MR) is 303 cm³/mol. The van der Waals surface area contributed by atoms with Crippen LogP contribution in [0.1, 0.15) is 30.9 Å². The third-order valence-electron chi connectivity index (χ3n) is 11.5. The maximum atomic E-state index is 7.67. The van der Waals surface area contributed by atoms with E-state index in [2.05, 4.69) is 294 Å². The van der Waals surface area contributed by atoms with Crippen LogP contribution >= 0.6 is 15.8 Å². The molecule has 3 heteroatoms. The normalized spacial score (nSPS) is 12.8. The summed E-state index contributed by atoms with van der Waals surface area (Å²) < 4.78 is 0. The second kappa shape index (κ2) is 29.7. The molecule has 0 aliphatic heterocycles. The van der Waals surface area contributed by atoms with Gasteiger partial charge in [0.1, 0.15) is 0 Å². The summed E-state index contributed by atoms with van der Waals surface area (Å²) in [5.74, 6) is 5.38. The first-order chi connectivity index (χ1) is 34.1. The first kappa shape index (κ1) is 53.1. The zero-order valence-corrected chi connectivity index (χ0v) is 43.2. The van der Waals surface area contributed by atoms with Gasteiger partial charge in [-0.15, -0.1) is 6.58 Å². The fourth-order valence-corrected chi connectivity index (χ4v) is 12.7. The molecule has 8 aromatic rings. The Morgan fingerprint density at radius 2 is 0.729 bits per heavy atom.